The lowest BCUT2D eigenvalue weighted by Gasteiger charge is -2.27. The van der Waals surface area contributed by atoms with Crippen LogP contribution in [0.4, 0.5) is 26.5 Å². The number of nitrogens with zero attached hydrogens (tertiary/aromatic N) is 4. The Morgan fingerprint density at radius 1 is 1.30 bits per heavy atom. The first-order valence-electron chi connectivity index (χ1n) is 9.26. The number of urea groups is 1. The molecule has 27 heavy (non-hydrogen) atoms. The molecule has 1 unspecified atom stereocenters. The van der Waals surface area contributed by atoms with Crippen LogP contribution in [0.5, 0.6) is 0 Å². The lowest BCUT2D eigenvalue weighted by Crippen LogP contribution is -2.45. The van der Waals surface area contributed by atoms with Crippen molar-refractivity contribution in [3.05, 3.63) is 42.0 Å². The van der Waals surface area contributed by atoms with E-state index in [1.807, 2.05) is 13.1 Å². The number of amides is 2. The standard InChI is InChI=1S/C19H23FN6O/c1-21-17-10-18(24-12-23-17)25-7-2-3-15(25)11-22-19(27)26-8-6-13-4-5-14(20)9-16(13)26/h4-5,9-10,12,15H,2-3,6-8,11H2,1H3,(H,22,27)(H,21,23,24). The Bertz CT molecular complexity index is 845. The molecule has 1 aromatic heterocycles. The molecule has 0 aliphatic carbocycles. The second kappa shape index (κ2) is 7.38. The number of benzene rings is 1. The van der Waals surface area contributed by atoms with Gasteiger partial charge in [0.1, 0.15) is 23.8 Å². The summed E-state index contributed by atoms with van der Waals surface area (Å²) in [6.45, 7) is 2.01. The Morgan fingerprint density at radius 3 is 3.04 bits per heavy atom. The van der Waals surface area contributed by atoms with Gasteiger partial charge in [-0.3, -0.25) is 4.90 Å². The summed E-state index contributed by atoms with van der Waals surface area (Å²) in [6.07, 6.45) is 4.35. The smallest absolute Gasteiger partial charge is 0.321 e. The molecule has 2 N–H and O–H groups in total. The summed E-state index contributed by atoms with van der Waals surface area (Å²) in [7, 11) is 1.82. The number of nitrogens with one attached hydrogen (secondary N) is 2. The molecule has 2 aliphatic heterocycles. The van der Waals surface area contributed by atoms with Gasteiger partial charge in [0.05, 0.1) is 5.69 Å². The SMILES string of the molecule is CNc1cc(N2CCCC2CNC(=O)N2CCc3ccc(F)cc32)ncn1. The van der Waals surface area contributed by atoms with E-state index in [0.29, 0.717) is 18.8 Å². The summed E-state index contributed by atoms with van der Waals surface area (Å²) in [5.74, 6) is 1.31. The first kappa shape index (κ1) is 17.5. The van der Waals surface area contributed by atoms with Crippen molar-refractivity contribution in [1.29, 1.82) is 0 Å². The zero-order valence-electron chi connectivity index (χ0n) is 15.3. The molecule has 1 aromatic carbocycles. The first-order valence-corrected chi connectivity index (χ1v) is 9.26. The highest BCUT2D eigenvalue weighted by molar-refractivity contribution is 5.94. The topological polar surface area (TPSA) is 73.4 Å². The van der Waals surface area contributed by atoms with Gasteiger partial charge in [-0.05, 0) is 37.0 Å². The lowest BCUT2D eigenvalue weighted by molar-refractivity contribution is 0.246. The van der Waals surface area contributed by atoms with E-state index >= 15 is 0 Å². The number of halogens is 1. The van der Waals surface area contributed by atoms with Gasteiger partial charge in [-0.15, -0.1) is 0 Å². The van der Waals surface area contributed by atoms with Crippen LogP contribution >= 0.6 is 0 Å². The van der Waals surface area contributed by atoms with Crippen molar-refractivity contribution in [3.63, 3.8) is 0 Å². The number of anilines is 3. The monoisotopic (exact) mass is 370 g/mol. The average Bonchev–Trinajstić information content (AvgIpc) is 3.32. The first-order chi connectivity index (χ1) is 13.2. The van der Waals surface area contributed by atoms with Crippen LogP contribution in [0.1, 0.15) is 18.4 Å². The van der Waals surface area contributed by atoms with Gasteiger partial charge in [0.15, 0.2) is 0 Å². The van der Waals surface area contributed by atoms with Crippen molar-refractivity contribution in [3.8, 4) is 0 Å². The van der Waals surface area contributed by atoms with Crippen LogP contribution < -0.4 is 20.4 Å². The van der Waals surface area contributed by atoms with Gasteiger partial charge >= 0.3 is 6.03 Å². The summed E-state index contributed by atoms with van der Waals surface area (Å²) in [5, 5.41) is 6.04. The predicted octanol–water partition coefficient (Wildman–Crippen LogP) is 2.40. The number of aromatic nitrogens is 2. The third-order valence-corrected chi connectivity index (χ3v) is 5.26. The largest absolute Gasteiger partial charge is 0.373 e. The molecule has 0 bridgehead atoms. The number of carbonyl (C=O) groups excluding carboxylic acids is 1. The van der Waals surface area contributed by atoms with Crippen molar-refractivity contribution in [2.45, 2.75) is 25.3 Å². The van der Waals surface area contributed by atoms with E-state index < -0.39 is 0 Å². The predicted molar refractivity (Wildman–Crippen MR) is 103 cm³/mol. The number of hydrogen-bond acceptors (Lipinski definition) is 5. The molecule has 3 heterocycles. The highest BCUT2D eigenvalue weighted by Gasteiger charge is 2.29. The number of hydrogen-bond donors (Lipinski definition) is 2. The molecule has 0 saturated carbocycles. The minimum atomic E-state index is -0.320. The van der Waals surface area contributed by atoms with E-state index in [4.69, 9.17) is 0 Å². The summed E-state index contributed by atoms with van der Waals surface area (Å²) < 4.78 is 13.5. The Balaban J connectivity index is 1.41. The summed E-state index contributed by atoms with van der Waals surface area (Å²) >= 11 is 0. The van der Waals surface area contributed by atoms with Gasteiger partial charge < -0.3 is 15.5 Å². The van der Waals surface area contributed by atoms with Crippen molar-refractivity contribution >= 4 is 23.4 Å². The van der Waals surface area contributed by atoms with Gasteiger partial charge in [-0.1, -0.05) is 6.07 Å². The normalized spacial score (nSPS) is 18.5. The lowest BCUT2D eigenvalue weighted by atomic mass is 10.2. The molecule has 4 rings (SSSR count). The van der Waals surface area contributed by atoms with Gasteiger partial charge in [0.2, 0.25) is 0 Å². The number of carbonyl (C=O) groups is 1. The molecule has 2 aromatic rings. The highest BCUT2D eigenvalue weighted by atomic mass is 19.1. The molecular weight excluding hydrogens is 347 g/mol. The van der Waals surface area contributed by atoms with E-state index in [-0.39, 0.29) is 17.9 Å². The maximum atomic E-state index is 13.5. The Kier molecular flexibility index (Phi) is 4.79. The molecule has 0 spiro atoms. The van der Waals surface area contributed by atoms with Crippen LogP contribution in [0.25, 0.3) is 0 Å². The van der Waals surface area contributed by atoms with Gasteiger partial charge in [0, 0.05) is 38.8 Å². The van der Waals surface area contributed by atoms with E-state index in [1.165, 1.54) is 12.1 Å². The van der Waals surface area contributed by atoms with Crippen molar-refractivity contribution in [2.75, 3.05) is 41.8 Å². The van der Waals surface area contributed by atoms with E-state index in [9.17, 15) is 9.18 Å². The molecule has 1 saturated heterocycles. The molecule has 7 nitrogen and oxygen atoms in total. The molecule has 1 fully saturated rings. The fourth-order valence-electron chi connectivity index (χ4n) is 3.85. The van der Waals surface area contributed by atoms with Crippen LogP contribution in [0, 0.1) is 5.82 Å². The third kappa shape index (κ3) is 3.51. The number of fused-ring (bicyclic) bond motifs is 1. The van der Waals surface area contributed by atoms with Crippen LogP contribution in [0.15, 0.2) is 30.6 Å². The maximum absolute atomic E-state index is 13.5. The molecule has 142 valence electrons. The molecular formula is C19H23FN6O. The van der Waals surface area contributed by atoms with Crippen molar-refractivity contribution in [1.82, 2.24) is 15.3 Å². The summed E-state index contributed by atoms with van der Waals surface area (Å²) in [4.78, 5) is 25.0. The average molecular weight is 370 g/mol. The second-order valence-corrected chi connectivity index (χ2v) is 6.86. The molecule has 8 heteroatoms. The zero-order valence-corrected chi connectivity index (χ0v) is 15.3. The summed E-state index contributed by atoms with van der Waals surface area (Å²) in [5.41, 5.74) is 1.68. The minimum absolute atomic E-state index is 0.176. The quantitative estimate of drug-likeness (QED) is 0.865. The Hall–Kier alpha value is -2.90. The van der Waals surface area contributed by atoms with Crippen molar-refractivity contribution in [2.24, 2.45) is 0 Å². The van der Waals surface area contributed by atoms with E-state index in [1.54, 1.807) is 17.3 Å². The van der Waals surface area contributed by atoms with E-state index in [2.05, 4.69) is 25.5 Å². The highest BCUT2D eigenvalue weighted by Crippen LogP contribution is 2.29. The van der Waals surface area contributed by atoms with Gasteiger partial charge in [0.25, 0.3) is 0 Å². The van der Waals surface area contributed by atoms with Gasteiger partial charge in [-0.2, -0.15) is 0 Å². The fourth-order valence-corrected chi connectivity index (χ4v) is 3.85. The van der Waals surface area contributed by atoms with E-state index in [0.717, 1.165) is 43.0 Å². The Labute approximate surface area is 157 Å². The maximum Gasteiger partial charge on any atom is 0.321 e. The van der Waals surface area contributed by atoms with Crippen molar-refractivity contribution < 1.29 is 9.18 Å². The van der Waals surface area contributed by atoms with Crippen LogP contribution in [-0.2, 0) is 6.42 Å². The van der Waals surface area contributed by atoms with Gasteiger partial charge in [-0.25, -0.2) is 19.2 Å². The molecule has 0 radical (unpaired) electrons. The third-order valence-electron chi connectivity index (χ3n) is 5.26. The molecule has 1 atom stereocenters. The Morgan fingerprint density at radius 2 is 2.19 bits per heavy atom. The second-order valence-electron chi connectivity index (χ2n) is 6.86. The zero-order chi connectivity index (χ0) is 18.8. The number of rotatable bonds is 4. The minimum Gasteiger partial charge on any atom is -0.373 e. The molecule has 2 aliphatic rings. The fraction of sp³-hybridized carbons (Fsp3) is 0.421. The summed E-state index contributed by atoms with van der Waals surface area (Å²) in [6, 6.07) is 6.56. The van der Waals surface area contributed by atoms with Crippen LogP contribution in [0.3, 0.4) is 0 Å². The molecule has 2 amide bonds. The van der Waals surface area contributed by atoms with Crippen LogP contribution in [0.2, 0.25) is 0 Å². The van der Waals surface area contributed by atoms with Crippen LogP contribution in [-0.4, -0.2) is 48.7 Å².